The van der Waals surface area contributed by atoms with E-state index in [-0.39, 0.29) is 10.6 Å². The molecule has 0 saturated carbocycles. The van der Waals surface area contributed by atoms with Gasteiger partial charge in [-0.25, -0.2) is 0 Å². The zero-order valence-electron chi connectivity index (χ0n) is 12.9. The number of aromatic amines is 1. The SMILES string of the molecule is C[C](C)CN1CC=C(c2c[nH]c3ccc([N+](=O)[O-])cc23)CC1. The van der Waals surface area contributed by atoms with Crippen LogP contribution in [0.3, 0.4) is 0 Å². The molecule has 5 nitrogen and oxygen atoms in total. The maximum atomic E-state index is 11.0. The van der Waals surface area contributed by atoms with Gasteiger partial charge in [-0.15, -0.1) is 0 Å². The molecular weight excluding hydrogens is 278 g/mol. The standard InChI is InChI=1S/C17H20N3O2/c1-12(2)11-19-7-5-13(6-8-19)16-10-18-17-4-3-14(20(21)22)9-15(16)17/h3-5,9-10,18H,6-8,11H2,1-2H3. The van der Waals surface area contributed by atoms with E-state index in [1.165, 1.54) is 11.5 Å². The van der Waals surface area contributed by atoms with Crippen LogP contribution in [-0.2, 0) is 0 Å². The summed E-state index contributed by atoms with van der Waals surface area (Å²) in [5, 5.41) is 11.9. The van der Waals surface area contributed by atoms with E-state index in [9.17, 15) is 10.1 Å². The van der Waals surface area contributed by atoms with Gasteiger partial charge in [-0.2, -0.15) is 0 Å². The van der Waals surface area contributed by atoms with E-state index in [4.69, 9.17) is 0 Å². The fourth-order valence-corrected chi connectivity index (χ4v) is 3.03. The van der Waals surface area contributed by atoms with Crippen molar-refractivity contribution in [1.29, 1.82) is 0 Å². The third kappa shape index (κ3) is 2.90. The van der Waals surface area contributed by atoms with Crippen molar-refractivity contribution in [2.24, 2.45) is 0 Å². The number of H-pyrrole nitrogens is 1. The maximum absolute atomic E-state index is 11.0. The topological polar surface area (TPSA) is 62.2 Å². The van der Waals surface area contributed by atoms with Gasteiger partial charge >= 0.3 is 0 Å². The van der Waals surface area contributed by atoms with Crippen LogP contribution in [0.25, 0.3) is 16.5 Å². The smallest absolute Gasteiger partial charge is 0.270 e. The molecular formula is C17H20N3O2. The van der Waals surface area contributed by atoms with Crippen LogP contribution in [0.2, 0.25) is 0 Å². The van der Waals surface area contributed by atoms with E-state index in [2.05, 4.69) is 29.8 Å². The molecule has 0 bridgehead atoms. The summed E-state index contributed by atoms with van der Waals surface area (Å²) >= 11 is 0. The molecule has 115 valence electrons. The molecule has 1 N–H and O–H groups in total. The van der Waals surface area contributed by atoms with Crippen LogP contribution in [0.5, 0.6) is 0 Å². The second-order valence-corrected chi connectivity index (χ2v) is 6.11. The number of rotatable bonds is 4. The average Bonchev–Trinajstić information content (AvgIpc) is 2.90. The zero-order valence-corrected chi connectivity index (χ0v) is 12.9. The third-order valence-corrected chi connectivity index (χ3v) is 4.06. The summed E-state index contributed by atoms with van der Waals surface area (Å²) in [4.78, 5) is 16.3. The molecule has 1 aromatic carbocycles. The van der Waals surface area contributed by atoms with Crippen LogP contribution in [-0.4, -0.2) is 34.4 Å². The first-order chi connectivity index (χ1) is 10.5. The lowest BCUT2D eigenvalue weighted by molar-refractivity contribution is -0.384. The van der Waals surface area contributed by atoms with Crippen LogP contribution in [0.15, 0.2) is 30.5 Å². The van der Waals surface area contributed by atoms with Crippen molar-refractivity contribution in [3.05, 3.63) is 52.1 Å². The van der Waals surface area contributed by atoms with Gasteiger partial charge in [-0.3, -0.25) is 15.0 Å². The molecule has 0 amide bonds. The van der Waals surface area contributed by atoms with Crippen molar-refractivity contribution in [2.45, 2.75) is 20.3 Å². The lowest BCUT2D eigenvalue weighted by atomic mass is 9.98. The molecule has 0 fully saturated rings. The van der Waals surface area contributed by atoms with E-state index < -0.39 is 0 Å². The number of non-ortho nitro benzene ring substituents is 1. The summed E-state index contributed by atoms with van der Waals surface area (Å²) in [6.07, 6.45) is 5.18. The molecule has 0 saturated heterocycles. The quantitative estimate of drug-likeness (QED) is 0.690. The molecule has 0 aliphatic carbocycles. The summed E-state index contributed by atoms with van der Waals surface area (Å²) in [6, 6.07) is 4.99. The van der Waals surface area contributed by atoms with Gasteiger partial charge in [-0.05, 0) is 24.0 Å². The molecule has 1 aromatic heterocycles. The molecule has 3 rings (SSSR count). The van der Waals surface area contributed by atoms with E-state index in [0.29, 0.717) is 0 Å². The average molecular weight is 298 g/mol. The molecule has 0 unspecified atom stereocenters. The first-order valence-electron chi connectivity index (χ1n) is 7.51. The normalized spacial score (nSPS) is 16.2. The molecule has 1 aliphatic rings. The molecule has 2 heterocycles. The lowest BCUT2D eigenvalue weighted by Gasteiger charge is -2.27. The highest BCUT2D eigenvalue weighted by Gasteiger charge is 2.17. The Kier molecular flexibility index (Phi) is 3.98. The van der Waals surface area contributed by atoms with Gasteiger partial charge in [0.2, 0.25) is 0 Å². The van der Waals surface area contributed by atoms with E-state index in [1.54, 1.807) is 18.2 Å². The first-order valence-corrected chi connectivity index (χ1v) is 7.51. The van der Waals surface area contributed by atoms with Crippen molar-refractivity contribution in [3.63, 3.8) is 0 Å². The fraction of sp³-hybridized carbons (Fsp3) is 0.353. The number of fused-ring (bicyclic) bond motifs is 1. The van der Waals surface area contributed by atoms with Gasteiger partial charge < -0.3 is 4.98 Å². The largest absolute Gasteiger partial charge is 0.361 e. The summed E-state index contributed by atoms with van der Waals surface area (Å²) in [5.41, 5.74) is 3.46. The van der Waals surface area contributed by atoms with Crippen molar-refractivity contribution < 1.29 is 4.92 Å². The number of nitro groups is 1. The lowest BCUT2D eigenvalue weighted by Crippen LogP contribution is -2.31. The minimum absolute atomic E-state index is 0.141. The Morgan fingerprint density at radius 2 is 2.23 bits per heavy atom. The van der Waals surface area contributed by atoms with Crippen LogP contribution in [0.4, 0.5) is 5.69 Å². The molecule has 1 radical (unpaired) electrons. The Hall–Kier alpha value is -2.14. The van der Waals surface area contributed by atoms with Gasteiger partial charge in [0.1, 0.15) is 0 Å². The van der Waals surface area contributed by atoms with Crippen LogP contribution >= 0.6 is 0 Å². The van der Waals surface area contributed by atoms with Crippen molar-refractivity contribution in [3.8, 4) is 0 Å². The number of hydrogen-bond acceptors (Lipinski definition) is 3. The Labute approximate surface area is 129 Å². The highest BCUT2D eigenvalue weighted by molar-refractivity contribution is 5.94. The van der Waals surface area contributed by atoms with Crippen molar-refractivity contribution in [1.82, 2.24) is 9.88 Å². The van der Waals surface area contributed by atoms with E-state index in [1.807, 2.05) is 6.20 Å². The molecule has 1 aliphatic heterocycles. The van der Waals surface area contributed by atoms with Gasteiger partial charge in [0.15, 0.2) is 0 Å². The molecule has 22 heavy (non-hydrogen) atoms. The van der Waals surface area contributed by atoms with Gasteiger partial charge in [0, 0.05) is 54.4 Å². The number of benzene rings is 1. The number of nitrogens with one attached hydrogen (secondary N) is 1. The minimum Gasteiger partial charge on any atom is -0.361 e. The van der Waals surface area contributed by atoms with Crippen LogP contribution in [0, 0.1) is 16.0 Å². The van der Waals surface area contributed by atoms with Crippen LogP contribution < -0.4 is 0 Å². The summed E-state index contributed by atoms with van der Waals surface area (Å²) in [6.45, 7) is 7.29. The number of nitrogens with zero attached hydrogens (tertiary/aromatic N) is 2. The Bertz CT molecular complexity index is 731. The Morgan fingerprint density at radius 3 is 2.86 bits per heavy atom. The summed E-state index contributed by atoms with van der Waals surface area (Å²) in [7, 11) is 0. The summed E-state index contributed by atoms with van der Waals surface area (Å²) < 4.78 is 0. The number of hydrogen-bond donors (Lipinski definition) is 1. The number of nitro benzene ring substituents is 1. The molecule has 2 aromatic rings. The van der Waals surface area contributed by atoms with Gasteiger partial charge in [0.05, 0.1) is 4.92 Å². The second kappa shape index (κ2) is 5.93. The minimum atomic E-state index is -0.340. The van der Waals surface area contributed by atoms with Gasteiger partial charge in [0.25, 0.3) is 5.69 Å². The molecule has 5 heteroatoms. The van der Waals surface area contributed by atoms with E-state index >= 15 is 0 Å². The monoisotopic (exact) mass is 298 g/mol. The van der Waals surface area contributed by atoms with Crippen molar-refractivity contribution in [2.75, 3.05) is 19.6 Å². The maximum Gasteiger partial charge on any atom is 0.270 e. The molecule has 0 spiro atoms. The Morgan fingerprint density at radius 1 is 1.41 bits per heavy atom. The highest BCUT2D eigenvalue weighted by Crippen LogP contribution is 2.31. The molecule has 0 atom stereocenters. The van der Waals surface area contributed by atoms with Gasteiger partial charge in [-0.1, -0.05) is 19.9 Å². The predicted octanol–water partition coefficient (Wildman–Crippen LogP) is 3.78. The second-order valence-electron chi connectivity index (χ2n) is 6.11. The zero-order chi connectivity index (χ0) is 15.7. The number of aromatic nitrogens is 1. The predicted molar refractivity (Wildman–Crippen MR) is 88.6 cm³/mol. The third-order valence-electron chi connectivity index (χ3n) is 4.06. The van der Waals surface area contributed by atoms with Crippen molar-refractivity contribution >= 4 is 22.2 Å². The Balaban J connectivity index is 1.89. The fourth-order valence-electron chi connectivity index (χ4n) is 3.03. The highest BCUT2D eigenvalue weighted by atomic mass is 16.6. The van der Waals surface area contributed by atoms with Crippen LogP contribution in [0.1, 0.15) is 25.8 Å². The first kappa shape index (κ1) is 14.8. The van der Waals surface area contributed by atoms with E-state index in [0.717, 1.165) is 42.5 Å². The summed E-state index contributed by atoms with van der Waals surface area (Å²) in [5.74, 6) is 1.42.